The lowest BCUT2D eigenvalue weighted by Crippen LogP contribution is -2.39. The van der Waals surface area contributed by atoms with E-state index in [2.05, 4.69) is 5.32 Å². The van der Waals surface area contributed by atoms with Gasteiger partial charge in [-0.15, -0.1) is 0 Å². The zero-order chi connectivity index (χ0) is 16.0. The van der Waals surface area contributed by atoms with Gasteiger partial charge in [-0.05, 0) is 38.6 Å². The van der Waals surface area contributed by atoms with Gasteiger partial charge in [-0.1, -0.05) is 18.5 Å². The van der Waals surface area contributed by atoms with Gasteiger partial charge in [0.25, 0.3) is 0 Å². The van der Waals surface area contributed by atoms with Crippen LogP contribution in [0.1, 0.15) is 27.2 Å². The number of benzene rings is 1. The normalized spacial score (nSPS) is 11.7. The largest absolute Gasteiger partial charge is 0.397 e. The van der Waals surface area contributed by atoms with Crippen LogP contribution in [0.15, 0.2) is 18.2 Å². The first-order chi connectivity index (χ1) is 9.71. The summed E-state index contributed by atoms with van der Waals surface area (Å²) in [6, 6.07) is 4.96. The fourth-order valence-electron chi connectivity index (χ4n) is 2.01. The highest BCUT2D eigenvalue weighted by Crippen LogP contribution is 2.23. The van der Waals surface area contributed by atoms with Gasteiger partial charge in [0.15, 0.2) is 0 Å². The van der Waals surface area contributed by atoms with Crippen LogP contribution in [0, 0.1) is 0 Å². The molecule has 0 saturated heterocycles. The Morgan fingerprint density at radius 2 is 2.14 bits per heavy atom. The number of nitrogens with two attached hydrogens (primary N) is 1. The maximum absolute atomic E-state index is 12.0. The third-order valence-electron chi connectivity index (χ3n) is 3.00. The van der Waals surface area contributed by atoms with Gasteiger partial charge in [-0.25, -0.2) is 0 Å². The van der Waals surface area contributed by atoms with E-state index in [1.165, 1.54) is 0 Å². The molecule has 0 aliphatic rings. The number of nitrogens with one attached hydrogen (secondary N) is 1. The monoisotopic (exact) mass is 313 g/mol. The fourth-order valence-corrected chi connectivity index (χ4v) is 2.18. The first-order valence-corrected chi connectivity index (χ1v) is 7.38. The van der Waals surface area contributed by atoms with Crippen molar-refractivity contribution in [2.45, 2.75) is 32.8 Å². The Hall–Kier alpha value is -1.30. The molecule has 0 spiro atoms. The van der Waals surface area contributed by atoms with Gasteiger partial charge in [0.05, 0.1) is 17.0 Å². The van der Waals surface area contributed by atoms with Crippen LogP contribution >= 0.6 is 11.6 Å². The standard InChI is InChI=1S/C15H24ClN3O2/c1-4-19(10-15(2,3)21)8-7-14(20)18-13-9-11(16)5-6-12(13)17/h5-6,9,21H,4,7-8,10,17H2,1-3H3,(H,18,20). The van der Waals surface area contributed by atoms with E-state index in [0.29, 0.717) is 35.9 Å². The molecule has 118 valence electrons. The van der Waals surface area contributed by atoms with Crippen molar-refractivity contribution in [3.05, 3.63) is 23.2 Å². The minimum absolute atomic E-state index is 0.127. The van der Waals surface area contributed by atoms with Crippen molar-refractivity contribution < 1.29 is 9.90 Å². The molecule has 1 aromatic carbocycles. The summed E-state index contributed by atoms with van der Waals surface area (Å²) in [5, 5.41) is 13.1. The van der Waals surface area contributed by atoms with Crippen LogP contribution in [0.3, 0.4) is 0 Å². The van der Waals surface area contributed by atoms with Crippen LogP contribution in [0.2, 0.25) is 5.02 Å². The average Bonchev–Trinajstić information content (AvgIpc) is 2.37. The predicted molar refractivity (Wildman–Crippen MR) is 87.5 cm³/mol. The lowest BCUT2D eigenvalue weighted by molar-refractivity contribution is -0.116. The molecule has 21 heavy (non-hydrogen) atoms. The Kier molecular flexibility index (Phi) is 6.45. The molecule has 0 radical (unpaired) electrons. The van der Waals surface area contributed by atoms with Gasteiger partial charge in [-0.3, -0.25) is 4.79 Å². The number of likely N-dealkylation sites (N-methyl/N-ethyl adjacent to an activating group) is 1. The molecule has 0 atom stereocenters. The summed E-state index contributed by atoms with van der Waals surface area (Å²) in [6.45, 7) is 7.38. The van der Waals surface area contributed by atoms with Crippen LogP contribution in [0.4, 0.5) is 11.4 Å². The van der Waals surface area contributed by atoms with Crippen molar-refractivity contribution in [3.8, 4) is 0 Å². The van der Waals surface area contributed by atoms with Gasteiger partial charge in [-0.2, -0.15) is 0 Å². The Morgan fingerprint density at radius 1 is 1.48 bits per heavy atom. The molecule has 0 aliphatic heterocycles. The summed E-state index contributed by atoms with van der Waals surface area (Å²) in [5.41, 5.74) is 6.02. The highest BCUT2D eigenvalue weighted by atomic mass is 35.5. The molecule has 0 aromatic heterocycles. The topological polar surface area (TPSA) is 78.6 Å². The van der Waals surface area contributed by atoms with Crippen LogP contribution in [-0.2, 0) is 4.79 Å². The van der Waals surface area contributed by atoms with E-state index >= 15 is 0 Å². The van der Waals surface area contributed by atoms with E-state index in [1.54, 1.807) is 32.0 Å². The van der Waals surface area contributed by atoms with Gasteiger partial charge >= 0.3 is 0 Å². The van der Waals surface area contributed by atoms with E-state index in [9.17, 15) is 9.90 Å². The number of nitrogen functional groups attached to an aromatic ring is 1. The number of carbonyl (C=O) groups is 1. The SMILES string of the molecule is CCN(CCC(=O)Nc1cc(Cl)ccc1N)CC(C)(C)O. The molecule has 1 aromatic rings. The number of halogens is 1. The van der Waals surface area contributed by atoms with Crippen molar-refractivity contribution >= 4 is 28.9 Å². The fraction of sp³-hybridized carbons (Fsp3) is 0.533. The number of hydrogen-bond acceptors (Lipinski definition) is 4. The molecule has 0 unspecified atom stereocenters. The van der Waals surface area contributed by atoms with E-state index in [1.807, 2.05) is 11.8 Å². The number of anilines is 2. The van der Waals surface area contributed by atoms with Crippen LogP contribution < -0.4 is 11.1 Å². The highest BCUT2D eigenvalue weighted by Gasteiger charge is 2.17. The quantitative estimate of drug-likeness (QED) is 0.675. The van der Waals surface area contributed by atoms with Gasteiger partial charge in [0.1, 0.15) is 0 Å². The molecule has 0 fully saturated rings. The average molecular weight is 314 g/mol. The minimum Gasteiger partial charge on any atom is -0.397 e. The first-order valence-electron chi connectivity index (χ1n) is 7.01. The van der Waals surface area contributed by atoms with Crippen molar-refractivity contribution in [2.24, 2.45) is 0 Å². The number of hydrogen-bond donors (Lipinski definition) is 3. The minimum atomic E-state index is -0.774. The Balaban J connectivity index is 2.52. The molecule has 1 rings (SSSR count). The van der Waals surface area contributed by atoms with E-state index in [4.69, 9.17) is 17.3 Å². The maximum Gasteiger partial charge on any atom is 0.225 e. The Morgan fingerprint density at radius 3 is 2.71 bits per heavy atom. The summed E-state index contributed by atoms with van der Waals surface area (Å²) in [7, 11) is 0. The summed E-state index contributed by atoms with van der Waals surface area (Å²) >= 11 is 5.88. The molecule has 1 amide bonds. The Bertz CT molecular complexity index is 486. The summed E-state index contributed by atoms with van der Waals surface area (Å²) in [6.07, 6.45) is 0.329. The predicted octanol–water partition coefficient (Wildman–Crippen LogP) is 2.34. The summed E-state index contributed by atoms with van der Waals surface area (Å²) in [4.78, 5) is 14.0. The highest BCUT2D eigenvalue weighted by molar-refractivity contribution is 6.31. The van der Waals surface area contributed by atoms with Gasteiger partial charge in [0, 0.05) is 24.5 Å². The number of aliphatic hydroxyl groups is 1. The van der Waals surface area contributed by atoms with E-state index < -0.39 is 5.60 Å². The van der Waals surface area contributed by atoms with Crippen molar-refractivity contribution in [1.29, 1.82) is 0 Å². The zero-order valence-corrected chi connectivity index (χ0v) is 13.6. The van der Waals surface area contributed by atoms with Gasteiger partial charge in [0.2, 0.25) is 5.91 Å². The first kappa shape index (κ1) is 17.8. The lowest BCUT2D eigenvalue weighted by atomic mass is 10.1. The van der Waals surface area contributed by atoms with E-state index in [-0.39, 0.29) is 5.91 Å². The molecular weight excluding hydrogens is 290 g/mol. The third-order valence-corrected chi connectivity index (χ3v) is 3.24. The summed E-state index contributed by atoms with van der Waals surface area (Å²) < 4.78 is 0. The van der Waals surface area contributed by atoms with Crippen LogP contribution in [-0.4, -0.2) is 41.1 Å². The number of amides is 1. The zero-order valence-electron chi connectivity index (χ0n) is 12.8. The molecule has 4 N–H and O–H groups in total. The molecule has 6 heteroatoms. The second-order valence-electron chi connectivity index (χ2n) is 5.71. The molecule has 5 nitrogen and oxygen atoms in total. The second-order valence-corrected chi connectivity index (χ2v) is 6.15. The number of nitrogens with zero attached hydrogens (tertiary/aromatic N) is 1. The smallest absolute Gasteiger partial charge is 0.225 e. The van der Waals surface area contributed by atoms with Gasteiger partial charge < -0.3 is 21.1 Å². The molecule has 0 saturated carbocycles. The molecule has 0 aliphatic carbocycles. The van der Waals surface area contributed by atoms with E-state index in [0.717, 1.165) is 6.54 Å². The third kappa shape index (κ3) is 6.80. The molecule has 0 bridgehead atoms. The maximum atomic E-state index is 12.0. The summed E-state index contributed by atoms with van der Waals surface area (Å²) in [5.74, 6) is -0.127. The van der Waals surface area contributed by atoms with Crippen molar-refractivity contribution in [3.63, 3.8) is 0 Å². The number of rotatable bonds is 7. The van der Waals surface area contributed by atoms with Crippen LogP contribution in [0.25, 0.3) is 0 Å². The van der Waals surface area contributed by atoms with Crippen LogP contribution in [0.5, 0.6) is 0 Å². The number of carbonyl (C=O) groups excluding carboxylic acids is 1. The molecular formula is C15H24ClN3O2. The lowest BCUT2D eigenvalue weighted by Gasteiger charge is -2.27. The van der Waals surface area contributed by atoms with Crippen molar-refractivity contribution in [1.82, 2.24) is 4.90 Å². The molecule has 0 heterocycles. The second kappa shape index (κ2) is 7.64. The van der Waals surface area contributed by atoms with Crippen molar-refractivity contribution in [2.75, 3.05) is 30.7 Å². The Labute approximate surface area is 131 Å².